The fourth-order valence-electron chi connectivity index (χ4n) is 2.03. The van der Waals surface area contributed by atoms with E-state index < -0.39 is 28.0 Å². The maximum Gasteiger partial charge on any atom is 0.342 e. The number of hydrogen-bond acceptors (Lipinski definition) is 7. The van der Waals surface area contributed by atoms with Gasteiger partial charge in [-0.1, -0.05) is 6.07 Å². The van der Waals surface area contributed by atoms with E-state index in [1.165, 1.54) is 37.5 Å². The van der Waals surface area contributed by atoms with Crippen molar-refractivity contribution < 1.29 is 27.5 Å². The minimum absolute atomic E-state index is 0.105. The summed E-state index contributed by atoms with van der Waals surface area (Å²) in [6, 6.07) is 7.28. The summed E-state index contributed by atoms with van der Waals surface area (Å²) in [5.74, 6) is -1.27. The zero-order valence-corrected chi connectivity index (χ0v) is 15.7. The molecular formula is C16H18N2O6S2. The Labute approximate surface area is 155 Å². The van der Waals surface area contributed by atoms with Gasteiger partial charge < -0.3 is 14.8 Å². The second-order valence-electron chi connectivity index (χ2n) is 5.25. The molecule has 3 N–H and O–H groups in total. The first-order valence-electron chi connectivity index (χ1n) is 7.44. The van der Waals surface area contributed by atoms with E-state index in [9.17, 15) is 18.0 Å². The summed E-state index contributed by atoms with van der Waals surface area (Å²) in [6.45, 7) is 1.74. The van der Waals surface area contributed by atoms with Crippen molar-refractivity contribution >= 4 is 33.2 Å². The lowest BCUT2D eigenvalue weighted by Gasteiger charge is -2.15. The number of primary sulfonamides is 1. The number of hydrogen-bond donors (Lipinski definition) is 2. The van der Waals surface area contributed by atoms with Gasteiger partial charge in [0, 0.05) is 4.88 Å². The Morgan fingerprint density at radius 1 is 1.31 bits per heavy atom. The lowest BCUT2D eigenvalue weighted by molar-refractivity contribution is -0.129. The number of amides is 1. The average molecular weight is 398 g/mol. The lowest BCUT2D eigenvalue weighted by atomic mass is 10.2. The number of methoxy groups -OCH3 is 1. The van der Waals surface area contributed by atoms with E-state index in [-0.39, 0.29) is 16.2 Å². The van der Waals surface area contributed by atoms with E-state index in [1.54, 1.807) is 0 Å². The first-order chi connectivity index (χ1) is 12.2. The van der Waals surface area contributed by atoms with E-state index >= 15 is 0 Å². The molecule has 0 unspecified atom stereocenters. The Bertz CT molecular complexity index is 893. The molecule has 2 rings (SSSR count). The number of carbonyl (C=O) groups excluding carboxylic acids is 2. The third-order valence-electron chi connectivity index (χ3n) is 3.39. The van der Waals surface area contributed by atoms with Crippen LogP contribution in [0, 0.1) is 0 Å². The topological polar surface area (TPSA) is 125 Å². The zero-order valence-electron chi connectivity index (χ0n) is 14.1. The quantitative estimate of drug-likeness (QED) is 0.677. The molecule has 1 aromatic heterocycles. The van der Waals surface area contributed by atoms with Crippen LogP contribution in [0.5, 0.6) is 5.75 Å². The first kappa shape index (κ1) is 19.9. The Hall–Kier alpha value is -2.43. The molecule has 26 heavy (non-hydrogen) atoms. The van der Waals surface area contributed by atoms with Crippen LogP contribution in [0.1, 0.15) is 22.2 Å². The number of rotatable bonds is 7. The molecule has 8 nitrogen and oxygen atoms in total. The molecule has 1 amide bonds. The molecule has 0 radical (unpaired) electrons. The van der Waals surface area contributed by atoms with Crippen LogP contribution < -0.4 is 15.2 Å². The molecular weight excluding hydrogens is 380 g/mol. The van der Waals surface area contributed by atoms with Gasteiger partial charge >= 0.3 is 5.97 Å². The van der Waals surface area contributed by atoms with E-state index in [0.29, 0.717) is 6.54 Å². The molecule has 0 bridgehead atoms. The number of esters is 1. The summed E-state index contributed by atoms with van der Waals surface area (Å²) in [7, 11) is -2.68. The van der Waals surface area contributed by atoms with Crippen LogP contribution in [0.4, 0.5) is 0 Å². The average Bonchev–Trinajstić information content (AvgIpc) is 3.11. The van der Waals surface area contributed by atoms with Gasteiger partial charge in [0.15, 0.2) is 6.10 Å². The SMILES string of the molecule is COc1ccc(S(N)(=O)=O)cc1C(=O)O[C@@H](C)C(=O)NCc1cccs1. The van der Waals surface area contributed by atoms with Crippen molar-refractivity contribution in [3.63, 3.8) is 0 Å². The highest BCUT2D eigenvalue weighted by Gasteiger charge is 2.23. The fraction of sp³-hybridized carbons (Fsp3) is 0.250. The van der Waals surface area contributed by atoms with Crippen molar-refractivity contribution in [2.45, 2.75) is 24.5 Å². The maximum absolute atomic E-state index is 12.3. The molecule has 10 heteroatoms. The monoisotopic (exact) mass is 398 g/mol. The van der Waals surface area contributed by atoms with Crippen LogP contribution in [-0.4, -0.2) is 33.5 Å². The fourth-order valence-corrected chi connectivity index (χ4v) is 3.22. The number of ether oxygens (including phenoxy) is 2. The number of thiophene rings is 1. The van der Waals surface area contributed by atoms with Gasteiger partial charge in [-0.25, -0.2) is 18.4 Å². The van der Waals surface area contributed by atoms with Crippen LogP contribution in [0.2, 0.25) is 0 Å². The van der Waals surface area contributed by atoms with Crippen LogP contribution in [0.15, 0.2) is 40.6 Å². The van der Waals surface area contributed by atoms with Crippen molar-refractivity contribution in [1.29, 1.82) is 0 Å². The van der Waals surface area contributed by atoms with Crippen LogP contribution in [0.25, 0.3) is 0 Å². The number of benzene rings is 1. The largest absolute Gasteiger partial charge is 0.496 e. The predicted molar refractivity (Wildman–Crippen MR) is 95.4 cm³/mol. The number of nitrogens with two attached hydrogens (primary N) is 1. The van der Waals surface area contributed by atoms with Gasteiger partial charge in [0.25, 0.3) is 5.91 Å². The van der Waals surface area contributed by atoms with Gasteiger partial charge in [-0.3, -0.25) is 4.79 Å². The number of carbonyl (C=O) groups is 2. The van der Waals surface area contributed by atoms with Crippen molar-refractivity contribution in [2.24, 2.45) is 5.14 Å². The lowest BCUT2D eigenvalue weighted by Crippen LogP contribution is -2.35. The molecule has 140 valence electrons. The highest BCUT2D eigenvalue weighted by Crippen LogP contribution is 2.23. The molecule has 2 aromatic rings. The molecule has 0 aliphatic carbocycles. The van der Waals surface area contributed by atoms with E-state index in [0.717, 1.165) is 10.9 Å². The third kappa shape index (κ3) is 5.04. The molecule has 1 atom stereocenters. The van der Waals surface area contributed by atoms with E-state index in [2.05, 4.69) is 5.32 Å². The van der Waals surface area contributed by atoms with Gasteiger partial charge in [-0.2, -0.15) is 0 Å². The van der Waals surface area contributed by atoms with Crippen LogP contribution in [-0.2, 0) is 26.1 Å². The molecule has 1 aromatic carbocycles. The molecule has 0 fully saturated rings. The molecule has 0 saturated carbocycles. The summed E-state index contributed by atoms with van der Waals surface area (Å²) in [4.78, 5) is 25.1. The van der Waals surface area contributed by atoms with Crippen LogP contribution >= 0.6 is 11.3 Å². The molecule has 0 saturated heterocycles. The highest BCUT2D eigenvalue weighted by atomic mass is 32.2. The smallest absolute Gasteiger partial charge is 0.342 e. The van der Waals surface area contributed by atoms with Crippen molar-refractivity contribution in [3.8, 4) is 5.75 Å². The Balaban J connectivity index is 2.09. The molecule has 0 aliphatic rings. The first-order valence-corrected chi connectivity index (χ1v) is 9.87. The summed E-state index contributed by atoms with van der Waals surface area (Å²) in [5, 5.41) is 9.61. The van der Waals surface area contributed by atoms with Crippen molar-refractivity contribution in [1.82, 2.24) is 5.32 Å². The van der Waals surface area contributed by atoms with E-state index in [4.69, 9.17) is 14.6 Å². The second kappa shape index (κ2) is 8.30. The van der Waals surface area contributed by atoms with Crippen molar-refractivity contribution in [3.05, 3.63) is 46.2 Å². The standard InChI is InChI=1S/C16H18N2O6S2/c1-10(15(19)18-9-11-4-3-7-25-11)24-16(20)13-8-12(26(17,21)22)5-6-14(13)23-2/h3-8,10H,9H2,1-2H3,(H,18,19)(H2,17,21,22)/t10-/m0/s1. The molecule has 0 aliphatic heterocycles. The second-order valence-corrected chi connectivity index (χ2v) is 7.85. The summed E-state index contributed by atoms with van der Waals surface area (Å²) >= 11 is 1.49. The van der Waals surface area contributed by atoms with Gasteiger partial charge in [-0.15, -0.1) is 11.3 Å². The third-order valence-corrected chi connectivity index (χ3v) is 5.18. The number of nitrogens with one attached hydrogen (secondary N) is 1. The van der Waals surface area contributed by atoms with Gasteiger partial charge in [-0.05, 0) is 36.6 Å². The van der Waals surface area contributed by atoms with Crippen molar-refractivity contribution in [2.75, 3.05) is 7.11 Å². The van der Waals surface area contributed by atoms with Gasteiger partial charge in [0.2, 0.25) is 10.0 Å². The summed E-state index contributed by atoms with van der Waals surface area (Å²) in [6.07, 6.45) is -1.08. The summed E-state index contributed by atoms with van der Waals surface area (Å²) < 4.78 is 33.1. The normalized spacial score (nSPS) is 12.3. The Morgan fingerprint density at radius 3 is 2.62 bits per heavy atom. The molecule has 1 heterocycles. The molecule has 0 spiro atoms. The number of sulfonamides is 1. The minimum atomic E-state index is -4.00. The Kier molecular flexibility index (Phi) is 6.35. The maximum atomic E-state index is 12.3. The highest BCUT2D eigenvalue weighted by molar-refractivity contribution is 7.89. The van der Waals surface area contributed by atoms with Gasteiger partial charge in [0.1, 0.15) is 11.3 Å². The van der Waals surface area contributed by atoms with Crippen LogP contribution in [0.3, 0.4) is 0 Å². The van der Waals surface area contributed by atoms with E-state index in [1.807, 2.05) is 17.5 Å². The predicted octanol–water partition coefficient (Wildman–Crippen LogP) is 1.27. The zero-order chi connectivity index (χ0) is 19.3. The summed E-state index contributed by atoms with van der Waals surface area (Å²) in [5.41, 5.74) is -0.142. The minimum Gasteiger partial charge on any atom is -0.496 e. The Morgan fingerprint density at radius 2 is 2.04 bits per heavy atom. The van der Waals surface area contributed by atoms with Gasteiger partial charge in [0.05, 0.1) is 18.6 Å².